The standard InChI is InChI=1S/C16H19NO/c1-3-17(15-10-5-4-6-11-15)12-14-9-7-8-13(2)16(14)18/h4-11,18H,3,12H2,1-2H3. The van der Waals surface area contributed by atoms with E-state index >= 15 is 0 Å². The number of phenols is 1. The van der Waals surface area contributed by atoms with Crippen LogP contribution in [0.4, 0.5) is 5.69 Å². The number of para-hydroxylation sites is 2. The number of benzene rings is 2. The topological polar surface area (TPSA) is 23.5 Å². The third-order valence-corrected chi connectivity index (χ3v) is 3.19. The summed E-state index contributed by atoms with van der Waals surface area (Å²) in [6.45, 7) is 5.70. The molecule has 0 aromatic heterocycles. The van der Waals surface area contributed by atoms with Gasteiger partial charge in [-0.1, -0.05) is 36.4 Å². The molecular formula is C16H19NO. The number of anilines is 1. The van der Waals surface area contributed by atoms with Gasteiger partial charge in [0.05, 0.1) is 0 Å². The highest BCUT2D eigenvalue weighted by atomic mass is 16.3. The van der Waals surface area contributed by atoms with Crippen molar-refractivity contribution in [2.45, 2.75) is 20.4 Å². The fraction of sp³-hybridized carbons (Fsp3) is 0.250. The Hall–Kier alpha value is -1.96. The molecule has 0 radical (unpaired) electrons. The molecule has 0 aliphatic heterocycles. The number of aromatic hydroxyl groups is 1. The number of hydrogen-bond donors (Lipinski definition) is 1. The van der Waals surface area contributed by atoms with Crippen LogP contribution < -0.4 is 4.90 Å². The van der Waals surface area contributed by atoms with Crippen LogP contribution in [0, 0.1) is 6.92 Å². The molecule has 0 fully saturated rings. The summed E-state index contributed by atoms with van der Waals surface area (Å²) in [5, 5.41) is 10.1. The Kier molecular flexibility index (Phi) is 3.88. The van der Waals surface area contributed by atoms with Crippen LogP contribution in [0.5, 0.6) is 5.75 Å². The zero-order valence-corrected chi connectivity index (χ0v) is 10.9. The van der Waals surface area contributed by atoms with Crippen molar-refractivity contribution in [1.82, 2.24) is 0 Å². The number of phenolic OH excluding ortho intramolecular Hbond substituents is 1. The fourth-order valence-corrected chi connectivity index (χ4v) is 2.08. The average molecular weight is 241 g/mol. The van der Waals surface area contributed by atoms with Crippen LogP contribution in [0.1, 0.15) is 18.1 Å². The molecule has 0 heterocycles. The minimum atomic E-state index is 0.409. The average Bonchev–Trinajstić information content (AvgIpc) is 2.41. The Bertz CT molecular complexity index is 508. The van der Waals surface area contributed by atoms with Crippen molar-refractivity contribution in [3.63, 3.8) is 0 Å². The summed E-state index contributed by atoms with van der Waals surface area (Å²) in [5.74, 6) is 0.409. The molecule has 0 saturated carbocycles. The minimum absolute atomic E-state index is 0.409. The highest BCUT2D eigenvalue weighted by molar-refractivity contribution is 5.49. The first kappa shape index (κ1) is 12.5. The molecule has 0 saturated heterocycles. The van der Waals surface area contributed by atoms with Crippen LogP contribution in [-0.4, -0.2) is 11.7 Å². The van der Waals surface area contributed by atoms with Gasteiger partial charge >= 0.3 is 0 Å². The molecule has 2 rings (SSSR count). The largest absolute Gasteiger partial charge is 0.507 e. The van der Waals surface area contributed by atoms with Crippen molar-refractivity contribution in [2.75, 3.05) is 11.4 Å². The van der Waals surface area contributed by atoms with E-state index in [1.165, 1.54) is 5.69 Å². The molecule has 0 aliphatic rings. The van der Waals surface area contributed by atoms with E-state index in [1.54, 1.807) is 0 Å². The van der Waals surface area contributed by atoms with Gasteiger partial charge in [-0.3, -0.25) is 0 Å². The van der Waals surface area contributed by atoms with E-state index < -0.39 is 0 Å². The molecule has 18 heavy (non-hydrogen) atoms. The Morgan fingerprint density at radius 1 is 1.00 bits per heavy atom. The number of rotatable bonds is 4. The van der Waals surface area contributed by atoms with Gasteiger partial charge in [-0.05, 0) is 31.5 Å². The molecule has 2 nitrogen and oxygen atoms in total. The first-order valence-electron chi connectivity index (χ1n) is 6.30. The number of hydrogen-bond acceptors (Lipinski definition) is 2. The second-order valence-electron chi connectivity index (χ2n) is 4.43. The van der Waals surface area contributed by atoms with Crippen molar-refractivity contribution >= 4 is 5.69 Å². The molecule has 0 unspecified atom stereocenters. The van der Waals surface area contributed by atoms with Gasteiger partial charge in [0.25, 0.3) is 0 Å². The third-order valence-electron chi connectivity index (χ3n) is 3.19. The van der Waals surface area contributed by atoms with Gasteiger partial charge in [-0.25, -0.2) is 0 Å². The van der Waals surface area contributed by atoms with Crippen molar-refractivity contribution in [1.29, 1.82) is 0 Å². The van der Waals surface area contributed by atoms with Crippen LogP contribution in [0.15, 0.2) is 48.5 Å². The van der Waals surface area contributed by atoms with Gasteiger partial charge in [-0.2, -0.15) is 0 Å². The van der Waals surface area contributed by atoms with E-state index in [0.29, 0.717) is 5.75 Å². The highest BCUT2D eigenvalue weighted by Gasteiger charge is 2.09. The van der Waals surface area contributed by atoms with Gasteiger partial charge in [0.1, 0.15) is 5.75 Å². The summed E-state index contributed by atoms with van der Waals surface area (Å²) in [5.41, 5.74) is 3.08. The van der Waals surface area contributed by atoms with Crippen molar-refractivity contribution in [2.24, 2.45) is 0 Å². The molecule has 0 amide bonds. The third kappa shape index (κ3) is 2.65. The van der Waals surface area contributed by atoms with Gasteiger partial charge in [0.15, 0.2) is 0 Å². The summed E-state index contributed by atoms with van der Waals surface area (Å²) in [7, 11) is 0. The lowest BCUT2D eigenvalue weighted by Gasteiger charge is -2.23. The van der Waals surface area contributed by atoms with Crippen molar-refractivity contribution in [3.8, 4) is 5.75 Å². The van der Waals surface area contributed by atoms with Gasteiger partial charge in [0.2, 0.25) is 0 Å². The molecule has 2 aromatic rings. The molecule has 0 aliphatic carbocycles. The van der Waals surface area contributed by atoms with Gasteiger partial charge in [0, 0.05) is 24.3 Å². The van der Waals surface area contributed by atoms with E-state index in [-0.39, 0.29) is 0 Å². The molecule has 2 aromatic carbocycles. The van der Waals surface area contributed by atoms with E-state index in [0.717, 1.165) is 24.2 Å². The van der Waals surface area contributed by atoms with Gasteiger partial charge in [-0.15, -0.1) is 0 Å². The molecule has 0 bridgehead atoms. The Balaban J connectivity index is 2.24. The lowest BCUT2D eigenvalue weighted by molar-refractivity contribution is 0.463. The van der Waals surface area contributed by atoms with E-state index in [4.69, 9.17) is 0 Å². The minimum Gasteiger partial charge on any atom is -0.507 e. The predicted octanol–water partition coefficient (Wildman–Crippen LogP) is 3.73. The molecule has 2 heteroatoms. The van der Waals surface area contributed by atoms with Crippen LogP contribution in [0.3, 0.4) is 0 Å². The quantitative estimate of drug-likeness (QED) is 0.881. The Morgan fingerprint density at radius 3 is 2.39 bits per heavy atom. The molecule has 94 valence electrons. The molecule has 1 N–H and O–H groups in total. The Labute approximate surface area is 109 Å². The van der Waals surface area contributed by atoms with Crippen LogP contribution in [0.2, 0.25) is 0 Å². The maximum Gasteiger partial charge on any atom is 0.123 e. The number of nitrogens with zero attached hydrogens (tertiary/aromatic N) is 1. The van der Waals surface area contributed by atoms with Crippen LogP contribution in [0.25, 0.3) is 0 Å². The first-order valence-corrected chi connectivity index (χ1v) is 6.30. The molecule has 0 spiro atoms. The summed E-state index contributed by atoms with van der Waals surface area (Å²) >= 11 is 0. The second-order valence-corrected chi connectivity index (χ2v) is 4.43. The second kappa shape index (κ2) is 5.58. The predicted molar refractivity (Wildman–Crippen MR) is 76.0 cm³/mol. The first-order chi connectivity index (χ1) is 8.72. The number of aryl methyl sites for hydroxylation is 1. The monoisotopic (exact) mass is 241 g/mol. The fourth-order valence-electron chi connectivity index (χ4n) is 2.08. The zero-order valence-electron chi connectivity index (χ0n) is 10.9. The summed E-state index contributed by atoms with van der Waals surface area (Å²) in [4.78, 5) is 2.24. The maximum atomic E-state index is 10.1. The summed E-state index contributed by atoms with van der Waals surface area (Å²) in [6, 6.07) is 16.2. The molecule has 0 atom stereocenters. The van der Waals surface area contributed by atoms with Crippen molar-refractivity contribution < 1.29 is 5.11 Å². The van der Waals surface area contributed by atoms with E-state index in [2.05, 4.69) is 24.0 Å². The lowest BCUT2D eigenvalue weighted by atomic mass is 10.1. The van der Waals surface area contributed by atoms with E-state index in [9.17, 15) is 5.11 Å². The van der Waals surface area contributed by atoms with Crippen molar-refractivity contribution in [3.05, 3.63) is 59.7 Å². The summed E-state index contributed by atoms with van der Waals surface area (Å²) < 4.78 is 0. The molecular weight excluding hydrogens is 222 g/mol. The Morgan fingerprint density at radius 2 is 1.72 bits per heavy atom. The summed E-state index contributed by atoms with van der Waals surface area (Å²) in [6.07, 6.45) is 0. The normalized spacial score (nSPS) is 10.3. The van der Waals surface area contributed by atoms with Crippen LogP contribution >= 0.6 is 0 Å². The van der Waals surface area contributed by atoms with Crippen LogP contribution in [-0.2, 0) is 6.54 Å². The zero-order chi connectivity index (χ0) is 13.0. The SMILES string of the molecule is CCN(Cc1cccc(C)c1O)c1ccccc1. The maximum absolute atomic E-state index is 10.1. The van der Waals surface area contributed by atoms with Gasteiger partial charge < -0.3 is 10.0 Å². The highest BCUT2D eigenvalue weighted by Crippen LogP contribution is 2.25. The van der Waals surface area contributed by atoms with E-state index in [1.807, 2.05) is 43.3 Å². The lowest BCUT2D eigenvalue weighted by Crippen LogP contribution is -2.21. The smallest absolute Gasteiger partial charge is 0.123 e.